The maximum atomic E-state index is 5.79. The van der Waals surface area contributed by atoms with Crippen molar-refractivity contribution in [3.63, 3.8) is 0 Å². The lowest BCUT2D eigenvalue weighted by atomic mass is 10.1. The summed E-state index contributed by atoms with van der Waals surface area (Å²) in [4.78, 5) is 4.49. The van der Waals surface area contributed by atoms with Gasteiger partial charge in [0, 0.05) is 12.2 Å². The van der Waals surface area contributed by atoms with E-state index in [2.05, 4.69) is 10.1 Å². The van der Waals surface area contributed by atoms with Crippen LogP contribution < -0.4 is 4.74 Å². The Bertz CT molecular complexity index is 778. The van der Waals surface area contributed by atoms with Crippen molar-refractivity contribution in [2.75, 3.05) is 13.2 Å². The van der Waals surface area contributed by atoms with Crippen LogP contribution >= 0.6 is 0 Å². The van der Waals surface area contributed by atoms with Crippen molar-refractivity contribution in [1.29, 1.82) is 0 Å². The fourth-order valence-corrected chi connectivity index (χ4v) is 2.69. The minimum atomic E-state index is 0.222. The summed E-state index contributed by atoms with van der Waals surface area (Å²) < 4.78 is 16.5. The average Bonchev–Trinajstić information content (AvgIpc) is 3.33. The second kappa shape index (κ2) is 6.84. The maximum absolute atomic E-state index is 5.79. The van der Waals surface area contributed by atoms with Crippen LogP contribution in [0.1, 0.15) is 23.8 Å². The molecule has 0 amide bonds. The van der Waals surface area contributed by atoms with E-state index in [1.165, 1.54) is 0 Å². The van der Waals surface area contributed by atoms with Gasteiger partial charge >= 0.3 is 0 Å². The fourth-order valence-electron chi connectivity index (χ4n) is 2.69. The molecule has 5 nitrogen and oxygen atoms in total. The molecule has 0 aliphatic carbocycles. The lowest BCUT2D eigenvalue weighted by Crippen LogP contribution is -1.97. The third kappa shape index (κ3) is 3.31. The largest absolute Gasteiger partial charge is 0.489 e. The number of aromatic nitrogens is 2. The van der Waals surface area contributed by atoms with Crippen molar-refractivity contribution in [2.24, 2.45) is 0 Å². The van der Waals surface area contributed by atoms with Crippen molar-refractivity contribution in [1.82, 2.24) is 10.1 Å². The second-order valence-corrected chi connectivity index (χ2v) is 5.82. The normalized spacial score (nSPS) is 17.1. The van der Waals surface area contributed by atoms with Gasteiger partial charge in [-0.1, -0.05) is 35.5 Å². The Balaban J connectivity index is 1.42. The van der Waals surface area contributed by atoms with Crippen molar-refractivity contribution in [3.05, 3.63) is 66.1 Å². The molecule has 0 N–H and O–H groups in total. The SMILES string of the molecule is c1ccc(COc2ccc(-c3noc(C4CCOC4)n3)cc2)cc1. The molecule has 4 rings (SSSR count). The van der Waals surface area contributed by atoms with E-state index in [0.29, 0.717) is 24.9 Å². The fraction of sp³-hybridized carbons (Fsp3) is 0.263. The summed E-state index contributed by atoms with van der Waals surface area (Å²) in [5.41, 5.74) is 2.05. The van der Waals surface area contributed by atoms with Crippen molar-refractivity contribution in [3.8, 4) is 17.1 Å². The third-order valence-electron chi connectivity index (χ3n) is 4.08. The van der Waals surface area contributed by atoms with Gasteiger partial charge in [-0.2, -0.15) is 4.98 Å². The minimum Gasteiger partial charge on any atom is -0.489 e. The Labute approximate surface area is 140 Å². The maximum Gasteiger partial charge on any atom is 0.232 e. The smallest absolute Gasteiger partial charge is 0.232 e. The molecule has 1 unspecified atom stereocenters. The highest BCUT2D eigenvalue weighted by Crippen LogP contribution is 2.26. The highest BCUT2D eigenvalue weighted by molar-refractivity contribution is 5.55. The van der Waals surface area contributed by atoms with Gasteiger partial charge in [0.1, 0.15) is 12.4 Å². The van der Waals surface area contributed by atoms with E-state index in [0.717, 1.165) is 29.9 Å². The molecular weight excluding hydrogens is 304 g/mol. The first kappa shape index (κ1) is 14.9. The van der Waals surface area contributed by atoms with Gasteiger partial charge in [-0.25, -0.2) is 0 Å². The second-order valence-electron chi connectivity index (χ2n) is 5.82. The number of benzene rings is 2. The number of nitrogens with zero attached hydrogens (tertiary/aromatic N) is 2. The Morgan fingerprint density at radius 2 is 1.88 bits per heavy atom. The van der Waals surface area contributed by atoms with Gasteiger partial charge in [0.25, 0.3) is 0 Å². The van der Waals surface area contributed by atoms with Gasteiger partial charge in [0.2, 0.25) is 11.7 Å². The minimum absolute atomic E-state index is 0.222. The van der Waals surface area contributed by atoms with Gasteiger partial charge in [0.15, 0.2) is 0 Å². The number of rotatable bonds is 5. The summed E-state index contributed by atoms with van der Waals surface area (Å²) in [7, 11) is 0. The molecule has 5 heteroatoms. The lowest BCUT2D eigenvalue weighted by Gasteiger charge is -2.06. The van der Waals surface area contributed by atoms with Crippen LogP contribution in [0.3, 0.4) is 0 Å². The predicted octanol–water partition coefficient (Wildman–Crippen LogP) is 3.82. The van der Waals surface area contributed by atoms with E-state index in [9.17, 15) is 0 Å². The molecule has 0 radical (unpaired) electrons. The Morgan fingerprint density at radius 1 is 1.04 bits per heavy atom. The molecule has 0 bridgehead atoms. The van der Waals surface area contributed by atoms with E-state index in [1.54, 1.807) is 0 Å². The first-order valence-electron chi connectivity index (χ1n) is 8.07. The Kier molecular flexibility index (Phi) is 4.25. The van der Waals surface area contributed by atoms with Crippen LogP contribution in [-0.4, -0.2) is 23.4 Å². The number of hydrogen-bond donors (Lipinski definition) is 0. The van der Waals surface area contributed by atoms with Gasteiger partial charge < -0.3 is 14.0 Å². The van der Waals surface area contributed by atoms with Crippen molar-refractivity contribution < 1.29 is 14.0 Å². The highest BCUT2D eigenvalue weighted by atomic mass is 16.5. The molecular formula is C19H18N2O3. The molecule has 0 spiro atoms. The zero-order valence-electron chi connectivity index (χ0n) is 13.2. The van der Waals surface area contributed by atoms with Crippen LogP contribution in [0.25, 0.3) is 11.4 Å². The van der Waals surface area contributed by atoms with E-state index >= 15 is 0 Å². The summed E-state index contributed by atoms with van der Waals surface area (Å²) in [6.45, 7) is 1.97. The quantitative estimate of drug-likeness (QED) is 0.715. The monoisotopic (exact) mass is 322 g/mol. The van der Waals surface area contributed by atoms with Gasteiger partial charge in [0.05, 0.1) is 12.5 Å². The molecule has 1 aliphatic heterocycles. The molecule has 1 fully saturated rings. The molecule has 3 aromatic rings. The summed E-state index contributed by atoms with van der Waals surface area (Å²) >= 11 is 0. The molecule has 1 atom stereocenters. The van der Waals surface area contributed by atoms with Gasteiger partial charge in [-0.05, 0) is 36.2 Å². The van der Waals surface area contributed by atoms with Crippen LogP contribution in [0.4, 0.5) is 0 Å². The predicted molar refractivity (Wildman–Crippen MR) is 88.7 cm³/mol. The van der Waals surface area contributed by atoms with Crippen LogP contribution in [0.5, 0.6) is 5.75 Å². The third-order valence-corrected chi connectivity index (χ3v) is 4.08. The summed E-state index contributed by atoms with van der Waals surface area (Å²) in [5, 5.41) is 4.07. The molecule has 122 valence electrons. The molecule has 2 heterocycles. The first-order valence-corrected chi connectivity index (χ1v) is 8.07. The van der Waals surface area contributed by atoms with E-state index < -0.39 is 0 Å². The summed E-state index contributed by atoms with van der Waals surface area (Å²) in [6, 6.07) is 17.8. The molecule has 2 aromatic carbocycles. The van der Waals surface area contributed by atoms with E-state index in [-0.39, 0.29) is 5.92 Å². The molecule has 0 saturated carbocycles. The van der Waals surface area contributed by atoms with Crippen LogP contribution in [0.15, 0.2) is 59.1 Å². The Morgan fingerprint density at radius 3 is 2.62 bits per heavy atom. The van der Waals surface area contributed by atoms with E-state index in [1.807, 2.05) is 54.6 Å². The topological polar surface area (TPSA) is 57.4 Å². The first-order chi connectivity index (χ1) is 11.9. The molecule has 1 aliphatic rings. The van der Waals surface area contributed by atoms with Crippen LogP contribution in [0, 0.1) is 0 Å². The molecule has 1 saturated heterocycles. The molecule has 24 heavy (non-hydrogen) atoms. The van der Waals surface area contributed by atoms with Crippen LogP contribution in [0.2, 0.25) is 0 Å². The van der Waals surface area contributed by atoms with Crippen molar-refractivity contribution in [2.45, 2.75) is 18.9 Å². The zero-order chi connectivity index (χ0) is 16.2. The van der Waals surface area contributed by atoms with Gasteiger partial charge in [-0.3, -0.25) is 0 Å². The summed E-state index contributed by atoms with van der Waals surface area (Å²) in [6.07, 6.45) is 0.938. The van der Waals surface area contributed by atoms with Crippen molar-refractivity contribution >= 4 is 0 Å². The number of hydrogen-bond acceptors (Lipinski definition) is 5. The number of ether oxygens (including phenoxy) is 2. The zero-order valence-corrected chi connectivity index (χ0v) is 13.2. The van der Waals surface area contributed by atoms with E-state index in [4.69, 9.17) is 14.0 Å². The van der Waals surface area contributed by atoms with Crippen LogP contribution in [-0.2, 0) is 11.3 Å². The Hall–Kier alpha value is -2.66. The lowest BCUT2D eigenvalue weighted by molar-refractivity contribution is 0.189. The summed E-state index contributed by atoms with van der Waals surface area (Å²) in [5.74, 6) is 2.30. The average molecular weight is 322 g/mol. The highest BCUT2D eigenvalue weighted by Gasteiger charge is 2.24. The standard InChI is InChI=1S/C19H18N2O3/c1-2-4-14(5-3-1)12-23-17-8-6-15(7-9-17)18-20-19(24-21-18)16-10-11-22-13-16/h1-9,16H,10-13H2. The van der Waals surface area contributed by atoms with Gasteiger partial charge in [-0.15, -0.1) is 0 Å². The molecule has 1 aromatic heterocycles.